The molecule has 5 aromatic carbocycles. The van der Waals surface area contributed by atoms with Gasteiger partial charge in [-0.1, -0.05) is 88.7 Å². The van der Waals surface area contributed by atoms with E-state index in [1.165, 1.54) is 47.3 Å². The maximum Gasteiger partial charge on any atom is 0.0471 e. The van der Waals surface area contributed by atoms with E-state index in [4.69, 9.17) is 0 Å². The third-order valence-electron chi connectivity index (χ3n) is 5.42. The molecular weight excluding hydrogens is 557 g/mol. The third kappa shape index (κ3) is 4.25. The summed E-state index contributed by atoms with van der Waals surface area (Å²) in [5.74, 6) is 0. The number of H-pyrrole nitrogens is 1. The summed E-state index contributed by atoms with van der Waals surface area (Å²) in [5, 5.41) is 5.25. The van der Waals surface area contributed by atoms with Crippen LogP contribution in [0.25, 0.3) is 43.7 Å². The lowest BCUT2D eigenvalue weighted by Crippen LogP contribution is -1.77. The summed E-state index contributed by atoms with van der Waals surface area (Å²) in [4.78, 5) is 3.47. The number of nitrogens with one attached hydrogen (secondary N) is 1. The monoisotopic (exact) mass is 575 g/mol. The van der Waals surface area contributed by atoms with Crippen molar-refractivity contribution in [1.29, 1.82) is 0 Å². The van der Waals surface area contributed by atoms with Crippen LogP contribution in [-0.2, 0) is 0 Å². The van der Waals surface area contributed by atoms with Crippen LogP contribution in [0.2, 0.25) is 0 Å². The van der Waals surface area contributed by atoms with Crippen LogP contribution in [0.1, 0.15) is 0 Å². The maximum atomic E-state index is 3.47. The predicted octanol–water partition coefficient (Wildman–Crippen LogP) is 9.19. The first-order valence-corrected chi connectivity index (χ1v) is 12.0. The number of halogens is 2. The molecular formula is C28H19BrIN. The molecule has 0 aliphatic heterocycles. The fourth-order valence-electron chi connectivity index (χ4n) is 3.91. The second-order valence-corrected chi connectivity index (χ2v) is 9.55. The van der Waals surface area contributed by atoms with Gasteiger partial charge in [-0.15, -0.1) is 0 Å². The standard InChI is InChI=1S/C16H11N.C12H8BrI/c1-2-6-12-11(5-1)9-10-15-16(12)13-7-3-4-8-14(13)17-15;13-11-5-1-9(2-6-11)10-3-7-12(14)8-4-10/h1-10,17H;1-8H. The molecule has 6 aromatic rings. The number of rotatable bonds is 1. The maximum absolute atomic E-state index is 3.47. The highest BCUT2D eigenvalue weighted by atomic mass is 127. The molecule has 0 radical (unpaired) electrons. The molecule has 0 bridgehead atoms. The van der Waals surface area contributed by atoms with Gasteiger partial charge in [-0.2, -0.15) is 0 Å². The summed E-state index contributed by atoms with van der Waals surface area (Å²) in [7, 11) is 0. The Morgan fingerprint density at radius 1 is 0.548 bits per heavy atom. The molecule has 0 amide bonds. The molecule has 1 nitrogen and oxygen atoms in total. The molecule has 1 aromatic heterocycles. The lowest BCUT2D eigenvalue weighted by atomic mass is 10.0. The van der Waals surface area contributed by atoms with Crippen LogP contribution in [0.15, 0.2) is 114 Å². The number of hydrogen-bond acceptors (Lipinski definition) is 0. The highest BCUT2D eigenvalue weighted by Crippen LogP contribution is 2.31. The van der Waals surface area contributed by atoms with Gasteiger partial charge in [0.25, 0.3) is 0 Å². The van der Waals surface area contributed by atoms with Crippen LogP contribution < -0.4 is 0 Å². The zero-order valence-corrected chi connectivity index (χ0v) is 20.4. The number of aromatic amines is 1. The molecule has 0 saturated heterocycles. The van der Waals surface area contributed by atoms with E-state index >= 15 is 0 Å². The van der Waals surface area contributed by atoms with Gasteiger partial charge in [-0.25, -0.2) is 0 Å². The number of hydrogen-bond donors (Lipinski definition) is 1. The largest absolute Gasteiger partial charge is 0.354 e. The molecule has 1 heterocycles. The topological polar surface area (TPSA) is 15.8 Å². The highest BCUT2D eigenvalue weighted by Gasteiger charge is 2.06. The van der Waals surface area contributed by atoms with Gasteiger partial charge in [-0.05, 0) is 80.9 Å². The van der Waals surface area contributed by atoms with Gasteiger partial charge >= 0.3 is 0 Å². The van der Waals surface area contributed by atoms with Crippen molar-refractivity contribution in [2.75, 3.05) is 0 Å². The normalized spacial score (nSPS) is 10.9. The summed E-state index contributed by atoms with van der Waals surface area (Å²) in [6.07, 6.45) is 0. The Labute approximate surface area is 203 Å². The zero-order chi connectivity index (χ0) is 21.2. The van der Waals surface area contributed by atoms with E-state index in [1.807, 2.05) is 0 Å². The van der Waals surface area contributed by atoms with Crippen LogP contribution in [0.3, 0.4) is 0 Å². The van der Waals surface area contributed by atoms with E-state index < -0.39 is 0 Å². The fraction of sp³-hybridized carbons (Fsp3) is 0. The Morgan fingerprint density at radius 2 is 1.16 bits per heavy atom. The van der Waals surface area contributed by atoms with Gasteiger partial charge in [0.05, 0.1) is 0 Å². The summed E-state index contributed by atoms with van der Waals surface area (Å²) in [6, 6.07) is 38.2. The van der Waals surface area contributed by atoms with E-state index in [0.717, 1.165) is 4.47 Å². The average Bonchev–Trinajstić information content (AvgIpc) is 3.20. The zero-order valence-electron chi connectivity index (χ0n) is 16.6. The first-order chi connectivity index (χ1) is 15.2. The number of aromatic nitrogens is 1. The fourth-order valence-corrected chi connectivity index (χ4v) is 4.53. The second-order valence-electron chi connectivity index (χ2n) is 7.39. The molecule has 0 saturated carbocycles. The number of para-hydroxylation sites is 1. The van der Waals surface area contributed by atoms with Gasteiger partial charge in [0.1, 0.15) is 0 Å². The summed E-state index contributed by atoms with van der Waals surface area (Å²) >= 11 is 5.74. The molecule has 31 heavy (non-hydrogen) atoms. The van der Waals surface area contributed by atoms with E-state index in [1.54, 1.807) is 0 Å². The van der Waals surface area contributed by atoms with Crippen LogP contribution in [0, 0.1) is 3.57 Å². The van der Waals surface area contributed by atoms with Gasteiger partial charge in [0.15, 0.2) is 0 Å². The van der Waals surface area contributed by atoms with Crippen molar-refractivity contribution < 1.29 is 0 Å². The summed E-state index contributed by atoms with van der Waals surface area (Å²) in [6.45, 7) is 0. The summed E-state index contributed by atoms with van der Waals surface area (Å²) < 4.78 is 2.38. The summed E-state index contributed by atoms with van der Waals surface area (Å²) in [5.41, 5.74) is 4.94. The smallest absolute Gasteiger partial charge is 0.0471 e. The molecule has 0 aliphatic carbocycles. The average molecular weight is 576 g/mol. The molecule has 1 N–H and O–H groups in total. The molecule has 0 aliphatic rings. The molecule has 0 unspecified atom stereocenters. The minimum absolute atomic E-state index is 1.12. The Bertz CT molecular complexity index is 1430. The minimum atomic E-state index is 1.12. The van der Waals surface area contributed by atoms with Crippen molar-refractivity contribution in [3.05, 3.63) is 117 Å². The quantitative estimate of drug-likeness (QED) is 0.188. The van der Waals surface area contributed by atoms with Crippen LogP contribution in [0.5, 0.6) is 0 Å². The van der Waals surface area contributed by atoms with Crippen LogP contribution in [-0.4, -0.2) is 4.98 Å². The van der Waals surface area contributed by atoms with E-state index in [0.29, 0.717) is 0 Å². The Balaban J connectivity index is 0.000000135. The van der Waals surface area contributed by atoms with Crippen molar-refractivity contribution in [2.24, 2.45) is 0 Å². The molecule has 0 spiro atoms. The molecule has 0 atom stereocenters. The molecule has 6 rings (SSSR count). The van der Waals surface area contributed by atoms with Crippen LogP contribution in [0.4, 0.5) is 0 Å². The number of benzene rings is 5. The lowest BCUT2D eigenvalue weighted by molar-refractivity contribution is 1.55. The SMILES string of the molecule is Brc1ccc(-c2ccc(I)cc2)cc1.c1ccc2c(c1)ccc1[nH]c3ccccc3c12. The molecule has 0 fully saturated rings. The Kier molecular flexibility index (Phi) is 5.79. The van der Waals surface area contributed by atoms with Crippen LogP contribution >= 0.6 is 38.5 Å². The van der Waals surface area contributed by atoms with Gasteiger partial charge in [-0.3, -0.25) is 0 Å². The van der Waals surface area contributed by atoms with E-state index in [-0.39, 0.29) is 0 Å². The van der Waals surface area contributed by atoms with Gasteiger partial charge in [0.2, 0.25) is 0 Å². The van der Waals surface area contributed by atoms with Gasteiger partial charge in [0, 0.05) is 29.8 Å². The minimum Gasteiger partial charge on any atom is -0.354 e. The number of fused-ring (bicyclic) bond motifs is 5. The lowest BCUT2D eigenvalue weighted by Gasteiger charge is -2.01. The first-order valence-electron chi connectivity index (χ1n) is 10.1. The second kappa shape index (κ2) is 8.85. The van der Waals surface area contributed by atoms with E-state index in [2.05, 4.69) is 153 Å². The Hall–Kier alpha value is -2.63. The van der Waals surface area contributed by atoms with Crippen molar-refractivity contribution in [1.82, 2.24) is 4.98 Å². The first kappa shape index (κ1) is 20.3. The van der Waals surface area contributed by atoms with Gasteiger partial charge < -0.3 is 4.98 Å². The van der Waals surface area contributed by atoms with Crippen molar-refractivity contribution >= 4 is 71.1 Å². The highest BCUT2D eigenvalue weighted by molar-refractivity contribution is 14.1. The third-order valence-corrected chi connectivity index (χ3v) is 6.66. The molecule has 3 heteroatoms. The van der Waals surface area contributed by atoms with E-state index in [9.17, 15) is 0 Å². The predicted molar refractivity (Wildman–Crippen MR) is 146 cm³/mol. The molecule has 150 valence electrons. The Morgan fingerprint density at radius 3 is 1.90 bits per heavy atom. The van der Waals surface area contributed by atoms with Crippen molar-refractivity contribution in [3.63, 3.8) is 0 Å². The van der Waals surface area contributed by atoms with Crippen molar-refractivity contribution in [2.45, 2.75) is 0 Å². The van der Waals surface area contributed by atoms with Crippen molar-refractivity contribution in [3.8, 4) is 11.1 Å².